The Hall–Kier alpha value is -2.48. The van der Waals surface area contributed by atoms with Gasteiger partial charge in [-0.25, -0.2) is 4.98 Å². The van der Waals surface area contributed by atoms with Gasteiger partial charge in [0.25, 0.3) is 0 Å². The summed E-state index contributed by atoms with van der Waals surface area (Å²) in [7, 11) is 0. The van der Waals surface area contributed by atoms with Gasteiger partial charge in [-0.1, -0.05) is 6.08 Å². The molecule has 0 bridgehead atoms. The number of hydrogen-bond donors (Lipinski definition) is 1. The highest BCUT2D eigenvalue weighted by Crippen LogP contribution is 2.25. The Morgan fingerprint density at radius 3 is 2.82 bits per heavy atom. The second-order valence-corrected chi connectivity index (χ2v) is 4.96. The number of amides is 1. The van der Waals surface area contributed by atoms with Crippen molar-refractivity contribution in [3.05, 3.63) is 41.1 Å². The number of nitrogens with one attached hydrogen (secondary N) is 1. The molecule has 0 radical (unpaired) electrons. The van der Waals surface area contributed by atoms with Gasteiger partial charge in [0.05, 0.1) is 11.5 Å². The van der Waals surface area contributed by atoms with Crippen molar-refractivity contribution in [1.82, 2.24) is 15.2 Å². The lowest BCUT2D eigenvalue weighted by Crippen LogP contribution is -2.49. The molecule has 1 saturated heterocycles. The molecule has 8 heteroatoms. The van der Waals surface area contributed by atoms with Gasteiger partial charge in [0.15, 0.2) is 0 Å². The van der Waals surface area contributed by atoms with Crippen LogP contribution in [0.1, 0.15) is 0 Å². The fourth-order valence-corrected chi connectivity index (χ4v) is 2.34. The molecular formula is C14H19N5O3. The molecule has 1 aromatic rings. The maximum atomic E-state index is 11.6. The van der Waals surface area contributed by atoms with Gasteiger partial charge in [-0.2, -0.15) is 0 Å². The lowest BCUT2D eigenvalue weighted by molar-refractivity contribution is -0.384. The van der Waals surface area contributed by atoms with E-state index in [-0.39, 0.29) is 11.6 Å². The van der Waals surface area contributed by atoms with Gasteiger partial charge in [0.2, 0.25) is 11.7 Å². The first kappa shape index (κ1) is 15.9. The molecule has 1 fully saturated rings. The third kappa shape index (κ3) is 4.01. The minimum absolute atomic E-state index is 0.0136. The molecule has 0 spiro atoms. The van der Waals surface area contributed by atoms with Crippen LogP contribution < -0.4 is 10.2 Å². The highest BCUT2D eigenvalue weighted by molar-refractivity contribution is 5.78. The molecule has 0 saturated carbocycles. The molecule has 1 aliphatic heterocycles. The molecule has 0 unspecified atom stereocenters. The van der Waals surface area contributed by atoms with Crippen LogP contribution in [0.15, 0.2) is 31.0 Å². The number of anilines is 1. The minimum atomic E-state index is -0.419. The largest absolute Gasteiger partial charge is 0.352 e. The van der Waals surface area contributed by atoms with Crippen LogP contribution in [-0.2, 0) is 4.79 Å². The second-order valence-electron chi connectivity index (χ2n) is 4.96. The van der Waals surface area contributed by atoms with Gasteiger partial charge in [0, 0.05) is 45.0 Å². The van der Waals surface area contributed by atoms with Gasteiger partial charge in [0.1, 0.15) is 0 Å². The first-order valence-corrected chi connectivity index (χ1v) is 7.06. The standard InChI is InChI=1S/C14H19N5O3/c1-2-5-15-13(20)11-17-7-9-18(10-8-17)14-12(19(21)22)4-3-6-16-14/h2-4,6H,1,5,7-11H2,(H,15,20). The average Bonchev–Trinajstić information content (AvgIpc) is 2.53. The van der Waals surface area contributed by atoms with E-state index in [0.29, 0.717) is 45.1 Å². The molecule has 2 rings (SSSR count). The van der Waals surface area contributed by atoms with Gasteiger partial charge >= 0.3 is 5.69 Å². The summed E-state index contributed by atoms with van der Waals surface area (Å²) in [5.41, 5.74) is 0.0136. The number of carbonyl (C=O) groups excluding carboxylic acids is 1. The van der Waals surface area contributed by atoms with Crippen LogP contribution in [0, 0.1) is 10.1 Å². The quantitative estimate of drug-likeness (QED) is 0.465. The molecule has 8 nitrogen and oxygen atoms in total. The molecular weight excluding hydrogens is 286 g/mol. The maximum absolute atomic E-state index is 11.6. The van der Waals surface area contributed by atoms with E-state index in [4.69, 9.17) is 0 Å². The van der Waals surface area contributed by atoms with Crippen molar-refractivity contribution in [3.63, 3.8) is 0 Å². The first-order chi connectivity index (χ1) is 10.6. The molecule has 1 aromatic heterocycles. The zero-order chi connectivity index (χ0) is 15.9. The summed E-state index contributed by atoms with van der Waals surface area (Å²) in [5.74, 6) is 0.348. The van der Waals surface area contributed by atoms with Crippen molar-refractivity contribution in [3.8, 4) is 0 Å². The van der Waals surface area contributed by atoms with Crippen LogP contribution in [0.4, 0.5) is 11.5 Å². The number of piperazine rings is 1. The van der Waals surface area contributed by atoms with Gasteiger partial charge in [-0.05, 0) is 6.07 Å². The van der Waals surface area contributed by atoms with Crippen LogP contribution >= 0.6 is 0 Å². The molecule has 118 valence electrons. The number of carbonyl (C=O) groups is 1. The van der Waals surface area contributed by atoms with Crippen molar-refractivity contribution in [1.29, 1.82) is 0 Å². The Labute approximate surface area is 128 Å². The summed E-state index contributed by atoms with van der Waals surface area (Å²) in [6, 6.07) is 3.01. The molecule has 1 amide bonds. The van der Waals surface area contributed by atoms with E-state index in [1.54, 1.807) is 18.3 Å². The summed E-state index contributed by atoms with van der Waals surface area (Å²) >= 11 is 0. The molecule has 0 aromatic carbocycles. The molecule has 1 aliphatic rings. The minimum Gasteiger partial charge on any atom is -0.352 e. The number of pyridine rings is 1. The number of nitro groups is 1. The Morgan fingerprint density at radius 2 is 2.18 bits per heavy atom. The zero-order valence-electron chi connectivity index (χ0n) is 12.3. The third-order valence-corrected chi connectivity index (χ3v) is 3.45. The van der Waals surface area contributed by atoms with E-state index in [0.717, 1.165) is 0 Å². The van der Waals surface area contributed by atoms with E-state index in [1.807, 2.05) is 9.80 Å². The molecule has 1 N–H and O–H groups in total. The lowest BCUT2D eigenvalue weighted by atomic mass is 10.2. The Balaban J connectivity index is 1.91. The zero-order valence-corrected chi connectivity index (χ0v) is 12.3. The molecule has 22 heavy (non-hydrogen) atoms. The molecule has 2 heterocycles. The Morgan fingerprint density at radius 1 is 1.45 bits per heavy atom. The van der Waals surface area contributed by atoms with Crippen molar-refractivity contribution < 1.29 is 9.72 Å². The van der Waals surface area contributed by atoms with Crippen LogP contribution in [-0.4, -0.2) is 60.0 Å². The van der Waals surface area contributed by atoms with Crippen molar-refractivity contribution in [2.75, 3.05) is 44.2 Å². The monoisotopic (exact) mass is 305 g/mol. The predicted octanol–water partition coefficient (Wildman–Crippen LogP) is 0.414. The van der Waals surface area contributed by atoms with Crippen LogP contribution in [0.2, 0.25) is 0 Å². The Kier molecular flexibility index (Phi) is 5.42. The van der Waals surface area contributed by atoms with E-state index in [9.17, 15) is 14.9 Å². The van der Waals surface area contributed by atoms with Gasteiger partial charge in [-0.15, -0.1) is 6.58 Å². The smallest absolute Gasteiger partial charge is 0.311 e. The first-order valence-electron chi connectivity index (χ1n) is 7.06. The van der Waals surface area contributed by atoms with Gasteiger partial charge < -0.3 is 10.2 Å². The predicted molar refractivity (Wildman–Crippen MR) is 82.8 cm³/mol. The normalized spacial score (nSPS) is 15.4. The fourth-order valence-electron chi connectivity index (χ4n) is 2.34. The number of rotatable bonds is 6. The molecule has 0 aliphatic carbocycles. The van der Waals surface area contributed by atoms with Crippen LogP contribution in [0.5, 0.6) is 0 Å². The number of nitrogens with zero attached hydrogens (tertiary/aromatic N) is 4. The Bertz CT molecular complexity index is 555. The highest BCUT2D eigenvalue weighted by Gasteiger charge is 2.25. The summed E-state index contributed by atoms with van der Waals surface area (Å²) in [6.45, 7) is 6.86. The number of hydrogen-bond acceptors (Lipinski definition) is 6. The maximum Gasteiger partial charge on any atom is 0.311 e. The third-order valence-electron chi connectivity index (χ3n) is 3.45. The van der Waals surface area contributed by atoms with Crippen LogP contribution in [0.3, 0.4) is 0 Å². The topological polar surface area (TPSA) is 91.6 Å². The van der Waals surface area contributed by atoms with Crippen molar-refractivity contribution >= 4 is 17.4 Å². The summed E-state index contributed by atoms with van der Waals surface area (Å²) in [5, 5.41) is 13.8. The SMILES string of the molecule is C=CCNC(=O)CN1CCN(c2ncccc2[N+](=O)[O-])CC1. The number of aromatic nitrogens is 1. The summed E-state index contributed by atoms with van der Waals surface area (Å²) in [6.07, 6.45) is 3.19. The van der Waals surface area contributed by atoms with Crippen LogP contribution in [0.25, 0.3) is 0 Å². The van der Waals surface area contributed by atoms with E-state index in [2.05, 4.69) is 16.9 Å². The van der Waals surface area contributed by atoms with Crippen molar-refractivity contribution in [2.24, 2.45) is 0 Å². The fraction of sp³-hybridized carbons (Fsp3) is 0.429. The second kappa shape index (κ2) is 7.51. The van der Waals surface area contributed by atoms with E-state index >= 15 is 0 Å². The average molecular weight is 305 g/mol. The highest BCUT2D eigenvalue weighted by atomic mass is 16.6. The van der Waals surface area contributed by atoms with Gasteiger partial charge in [-0.3, -0.25) is 19.8 Å². The summed E-state index contributed by atoms with van der Waals surface area (Å²) in [4.78, 5) is 30.3. The van der Waals surface area contributed by atoms with E-state index < -0.39 is 4.92 Å². The van der Waals surface area contributed by atoms with Crippen molar-refractivity contribution in [2.45, 2.75) is 0 Å². The molecule has 0 atom stereocenters. The van der Waals surface area contributed by atoms with E-state index in [1.165, 1.54) is 6.07 Å². The summed E-state index contributed by atoms with van der Waals surface area (Å²) < 4.78 is 0. The lowest BCUT2D eigenvalue weighted by Gasteiger charge is -2.34.